The molecule has 0 aliphatic heterocycles. The minimum Gasteiger partial charge on any atom is -0.484 e. The van der Waals surface area contributed by atoms with Crippen molar-refractivity contribution in [2.75, 3.05) is 6.61 Å². The predicted molar refractivity (Wildman–Crippen MR) is 86.9 cm³/mol. The minimum atomic E-state index is -0.0772. The highest BCUT2D eigenvalue weighted by atomic mass is 35.5. The molecule has 0 aliphatic rings. The van der Waals surface area contributed by atoms with Gasteiger partial charge in [0.25, 0.3) is 0 Å². The van der Waals surface area contributed by atoms with Gasteiger partial charge in [0, 0.05) is 5.56 Å². The Labute approximate surface area is 134 Å². The Hall–Kier alpha value is -1.51. The van der Waals surface area contributed by atoms with E-state index in [4.69, 9.17) is 27.9 Å². The lowest BCUT2D eigenvalue weighted by molar-refractivity contribution is 0.0921. The standard InChI is InChI=1S/C17H16Cl2O2/c1-10-7-12(3)13(8-11(10)2)15(20)9-21-16-6-4-5-14(18)17(16)19/h4-8H,9H2,1-3H3. The smallest absolute Gasteiger partial charge is 0.200 e. The van der Waals surface area contributed by atoms with Gasteiger partial charge in [0.05, 0.1) is 5.02 Å². The Kier molecular flexibility index (Phi) is 4.92. The molecule has 0 aromatic heterocycles. The van der Waals surface area contributed by atoms with Crippen LogP contribution in [-0.4, -0.2) is 12.4 Å². The number of ketones is 1. The van der Waals surface area contributed by atoms with Crippen LogP contribution in [0.3, 0.4) is 0 Å². The lowest BCUT2D eigenvalue weighted by Crippen LogP contribution is -2.13. The van der Waals surface area contributed by atoms with E-state index < -0.39 is 0 Å². The van der Waals surface area contributed by atoms with Gasteiger partial charge in [-0.2, -0.15) is 0 Å². The van der Waals surface area contributed by atoms with Crippen LogP contribution in [0, 0.1) is 20.8 Å². The monoisotopic (exact) mass is 322 g/mol. The first-order valence-corrected chi connectivity index (χ1v) is 7.33. The number of hydrogen-bond acceptors (Lipinski definition) is 2. The maximum absolute atomic E-state index is 12.3. The average molecular weight is 323 g/mol. The molecule has 0 spiro atoms. The van der Waals surface area contributed by atoms with Gasteiger partial charge < -0.3 is 4.74 Å². The fraction of sp³-hybridized carbons (Fsp3) is 0.235. The summed E-state index contributed by atoms with van der Waals surface area (Å²) in [5.74, 6) is 0.339. The zero-order valence-corrected chi connectivity index (χ0v) is 13.7. The van der Waals surface area contributed by atoms with Crippen LogP contribution in [0.2, 0.25) is 10.0 Å². The number of aryl methyl sites for hydroxylation is 3. The molecular formula is C17H16Cl2O2. The highest BCUT2D eigenvalue weighted by Gasteiger charge is 2.13. The van der Waals surface area contributed by atoms with Crippen LogP contribution in [0.4, 0.5) is 0 Å². The van der Waals surface area contributed by atoms with Crippen LogP contribution in [0.5, 0.6) is 5.75 Å². The van der Waals surface area contributed by atoms with Crippen LogP contribution < -0.4 is 4.74 Å². The van der Waals surface area contributed by atoms with E-state index in [1.807, 2.05) is 32.9 Å². The summed E-state index contributed by atoms with van der Waals surface area (Å²) in [5.41, 5.74) is 3.88. The van der Waals surface area contributed by atoms with Crippen molar-refractivity contribution in [2.45, 2.75) is 20.8 Å². The summed E-state index contributed by atoms with van der Waals surface area (Å²) < 4.78 is 5.49. The third kappa shape index (κ3) is 3.58. The van der Waals surface area contributed by atoms with Crippen LogP contribution in [0.1, 0.15) is 27.0 Å². The van der Waals surface area contributed by atoms with Gasteiger partial charge in [0.2, 0.25) is 0 Å². The second kappa shape index (κ2) is 6.50. The van der Waals surface area contributed by atoms with Gasteiger partial charge >= 0.3 is 0 Å². The van der Waals surface area contributed by atoms with Crippen molar-refractivity contribution in [3.8, 4) is 5.75 Å². The van der Waals surface area contributed by atoms with Crippen molar-refractivity contribution in [3.05, 3.63) is 62.6 Å². The Morgan fingerprint density at radius 1 is 1.05 bits per heavy atom. The molecule has 2 aromatic carbocycles. The van der Waals surface area contributed by atoms with E-state index in [1.54, 1.807) is 18.2 Å². The van der Waals surface area contributed by atoms with E-state index in [-0.39, 0.29) is 12.4 Å². The molecule has 0 aliphatic carbocycles. The molecule has 2 nitrogen and oxygen atoms in total. The zero-order chi connectivity index (χ0) is 15.6. The minimum absolute atomic E-state index is 0.0661. The quantitative estimate of drug-likeness (QED) is 0.725. The molecule has 0 radical (unpaired) electrons. The molecule has 110 valence electrons. The number of carbonyl (C=O) groups excluding carboxylic acids is 1. The number of carbonyl (C=O) groups is 1. The molecule has 4 heteroatoms. The van der Waals surface area contributed by atoms with E-state index in [0.29, 0.717) is 21.4 Å². The van der Waals surface area contributed by atoms with Crippen LogP contribution in [0.15, 0.2) is 30.3 Å². The van der Waals surface area contributed by atoms with Crippen molar-refractivity contribution in [3.63, 3.8) is 0 Å². The van der Waals surface area contributed by atoms with Crippen LogP contribution in [-0.2, 0) is 0 Å². The molecule has 2 rings (SSSR count). The lowest BCUT2D eigenvalue weighted by Gasteiger charge is -2.11. The summed E-state index contributed by atoms with van der Waals surface area (Å²) in [5, 5.41) is 0.729. The summed E-state index contributed by atoms with van der Waals surface area (Å²) in [4.78, 5) is 12.3. The van der Waals surface area contributed by atoms with Crippen molar-refractivity contribution < 1.29 is 9.53 Å². The van der Waals surface area contributed by atoms with E-state index in [1.165, 1.54) is 5.56 Å². The molecule has 0 amide bonds. The first-order valence-electron chi connectivity index (χ1n) is 6.58. The number of halogens is 2. The first kappa shape index (κ1) is 15.9. The highest BCUT2D eigenvalue weighted by Crippen LogP contribution is 2.31. The van der Waals surface area contributed by atoms with E-state index in [2.05, 4.69) is 0 Å². The third-order valence-electron chi connectivity index (χ3n) is 3.42. The fourth-order valence-corrected chi connectivity index (χ4v) is 2.42. The fourth-order valence-electron chi connectivity index (χ4n) is 2.08. The van der Waals surface area contributed by atoms with Gasteiger partial charge in [-0.05, 0) is 55.7 Å². The van der Waals surface area contributed by atoms with Crippen molar-refractivity contribution in [1.82, 2.24) is 0 Å². The maximum Gasteiger partial charge on any atom is 0.200 e. The Bertz CT molecular complexity index is 693. The zero-order valence-electron chi connectivity index (χ0n) is 12.2. The molecule has 0 heterocycles. The summed E-state index contributed by atoms with van der Waals surface area (Å²) in [6.07, 6.45) is 0. The van der Waals surface area contributed by atoms with Gasteiger partial charge in [-0.25, -0.2) is 0 Å². The van der Waals surface area contributed by atoms with Crippen molar-refractivity contribution in [2.24, 2.45) is 0 Å². The molecule has 21 heavy (non-hydrogen) atoms. The summed E-state index contributed by atoms with van der Waals surface area (Å²) in [7, 11) is 0. The van der Waals surface area contributed by atoms with Gasteiger partial charge in [-0.1, -0.05) is 35.3 Å². The maximum atomic E-state index is 12.3. The Balaban J connectivity index is 2.16. The van der Waals surface area contributed by atoms with Gasteiger partial charge in [-0.15, -0.1) is 0 Å². The Morgan fingerprint density at radius 3 is 2.43 bits per heavy atom. The number of rotatable bonds is 4. The third-order valence-corrected chi connectivity index (χ3v) is 4.22. The van der Waals surface area contributed by atoms with Crippen molar-refractivity contribution >= 4 is 29.0 Å². The molecule has 0 N–H and O–H groups in total. The molecule has 0 saturated carbocycles. The number of hydrogen-bond donors (Lipinski definition) is 0. The SMILES string of the molecule is Cc1cc(C)c(C(=O)COc2cccc(Cl)c2Cl)cc1C. The lowest BCUT2D eigenvalue weighted by atomic mass is 9.98. The van der Waals surface area contributed by atoms with Crippen LogP contribution in [0.25, 0.3) is 0 Å². The van der Waals surface area contributed by atoms with Gasteiger partial charge in [-0.3, -0.25) is 4.79 Å². The molecule has 0 bridgehead atoms. The summed E-state index contributed by atoms with van der Waals surface area (Å²) in [6.45, 7) is 5.87. The molecule has 0 fully saturated rings. The first-order chi connectivity index (χ1) is 9.90. The summed E-state index contributed by atoms with van der Waals surface area (Å²) >= 11 is 11.9. The largest absolute Gasteiger partial charge is 0.484 e. The second-order valence-electron chi connectivity index (χ2n) is 5.02. The van der Waals surface area contributed by atoms with Crippen molar-refractivity contribution in [1.29, 1.82) is 0 Å². The number of ether oxygens (including phenoxy) is 1. The van der Waals surface area contributed by atoms with E-state index in [0.717, 1.165) is 11.1 Å². The summed E-state index contributed by atoms with van der Waals surface area (Å²) in [6, 6.07) is 9.00. The Morgan fingerprint density at radius 2 is 1.71 bits per heavy atom. The molecule has 0 atom stereocenters. The normalized spacial score (nSPS) is 10.5. The average Bonchev–Trinajstić information content (AvgIpc) is 2.44. The molecule has 0 saturated heterocycles. The van der Waals surface area contributed by atoms with Gasteiger partial charge in [0.1, 0.15) is 10.8 Å². The molecule has 0 unspecified atom stereocenters. The van der Waals surface area contributed by atoms with E-state index >= 15 is 0 Å². The predicted octanol–water partition coefficient (Wildman–Crippen LogP) is 5.18. The molecule has 2 aromatic rings. The van der Waals surface area contributed by atoms with Gasteiger partial charge in [0.15, 0.2) is 12.4 Å². The number of benzene rings is 2. The second-order valence-corrected chi connectivity index (χ2v) is 5.80. The molecular weight excluding hydrogens is 307 g/mol. The van der Waals surface area contributed by atoms with Crippen LogP contribution >= 0.6 is 23.2 Å². The topological polar surface area (TPSA) is 26.3 Å². The number of Topliss-reactive ketones (excluding diaryl/α,β-unsaturated/α-hetero) is 1. The van der Waals surface area contributed by atoms with E-state index in [9.17, 15) is 4.79 Å². The highest BCUT2D eigenvalue weighted by molar-refractivity contribution is 6.42.